The molecule has 0 fully saturated rings. The summed E-state index contributed by atoms with van der Waals surface area (Å²) in [5.41, 5.74) is 0.585. The summed E-state index contributed by atoms with van der Waals surface area (Å²) in [6.45, 7) is 3.96. The van der Waals surface area contributed by atoms with Gasteiger partial charge in [0.25, 0.3) is 0 Å². The number of methoxy groups -OCH3 is 4. The lowest BCUT2D eigenvalue weighted by Gasteiger charge is -2.22. The third-order valence-corrected chi connectivity index (χ3v) is 5.06. The molecule has 1 aliphatic rings. The van der Waals surface area contributed by atoms with Crippen LogP contribution in [0.4, 0.5) is 0 Å². The molecule has 0 aromatic heterocycles. The van der Waals surface area contributed by atoms with Crippen molar-refractivity contribution >= 4 is 11.9 Å². The molecule has 0 radical (unpaired) electrons. The van der Waals surface area contributed by atoms with Gasteiger partial charge in [-0.15, -0.1) is 0 Å². The van der Waals surface area contributed by atoms with Gasteiger partial charge in [0.05, 0.1) is 52.8 Å². The third-order valence-electron chi connectivity index (χ3n) is 5.06. The summed E-state index contributed by atoms with van der Waals surface area (Å²) in [4.78, 5) is 26.1. The Kier molecular flexibility index (Phi) is 7.93. The molecule has 10 nitrogen and oxygen atoms in total. The number of fused-ring (bicyclic) bond motifs is 1. The molecular weight excluding hydrogens is 448 g/mol. The third kappa shape index (κ3) is 4.35. The van der Waals surface area contributed by atoms with Crippen LogP contribution in [0.5, 0.6) is 34.5 Å². The molecule has 10 heteroatoms. The monoisotopic (exact) mass is 476 g/mol. The van der Waals surface area contributed by atoms with Crippen molar-refractivity contribution < 1.29 is 47.5 Å². The van der Waals surface area contributed by atoms with Gasteiger partial charge in [0.2, 0.25) is 18.3 Å². The van der Waals surface area contributed by atoms with Gasteiger partial charge in [0.15, 0.2) is 23.0 Å². The molecule has 3 rings (SSSR count). The van der Waals surface area contributed by atoms with E-state index in [1.54, 1.807) is 6.92 Å². The lowest BCUT2D eigenvalue weighted by atomic mass is 9.91. The van der Waals surface area contributed by atoms with E-state index in [1.807, 2.05) is 6.92 Å². The van der Waals surface area contributed by atoms with Crippen LogP contribution in [0.3, 0.4) is 0 Å². The van der Waals surface area contributed by atoms with Crippen molar-refractivity contribution in [2.45, 2.75) is 20.3 Å². The largest absolute Gasteiger partial charge is 0.493 e. The van der Waals surface area contributed by atoms with Gasteiger partial charge in [0, 0.05) is 11.1 Å². The molecule has 0 aliphatic carbocycles. The predicted octanol–water partition coefficient (Wildman–Crippen LogP) is 3.86. The van der Waals surface area contributed by atoms with Crippen LogP contribution in [-0.2, 0) is 9.47 Å². The minimum absolute atomic E-state index is 0.0707. The van der Waals surface area contributed by atoms with Crippen LogP contribution in [0, 0.1) is 0 Å². The maximum Gasteiger partial charge on any atom is 0.339 e. The van der Waals surface area contributed by atoms with Crippen molar-refractivity contribution in [2.75, 3.05) is 48.4 Å². The van der Waals surface area contributed by atoms with Crippen molar-refractivity contribution in [1.29, 1.82) is 0 Å². The van der Waals surface area contributed by atoms with Crippen molar-refractivity contribution in [2.24, 2.45) is 0 Å². The molecule has 0 unspecified atom stereocenters. The number of ether oxygens (including phenoxy) is 8. The Hall–Kier alpha value is -3.82. The molecule has 184 valence electrons. The van der Waals surface area contributed by atoms with Crippen LogP contribution in [0.15, 0.2) is 12.1 Å². The quantitative estimate of drug-likeness (QED) is 0.469. The van der Waals surface area contributed by atoms with Gasteiger partial charge >= 0.3 is 11.9 Å². The topological polar surface area (TPSA) is 108 Å². The first-order valence-corrected chi connectivity index (χ1v) is 10.6. The van der Waals surface area contributed by atoms with E-state index in [1.165, 1.54) is 40.6 Å². The molecule has 1 aliphatic heterocycles. The van der Waals surface area contributed by atoms with Gasteiger partial charge in [0.1, 0.15) is 0 Å². The summed E-state index contributed by atoms with van der Waals surface area (Å²) in [6.07, 6.45) is 0.620. The van der Waals surface area contributed by atoms with Gasteiger partial charge in [-0.25, -0.2) is 9.59 Å². The maximum absolute atomic E-state index is 13.2. The van der Waals surface area contributed by atoms with Crippen molar-refractivity contribution in [3.05, 3.63) is 23.3 Å². The van der Waals surface area contributed by atoms with Crippen LogP contribution < -0.4 is 28.4 Å². The van der Waals surface area contributed by atoms with Crippen LogP contribution in [0.25, 0.3) is 11.1 Å². The molecule has 2 aromatic rings. The summed E-state index contributed by atoms with van der Waals surface area (Å²) in [5.74, 6) is 0.0549. The van der Waals surface area contributed by atoms with Gasteiger partial charge in [-0.1, -0.05) is 6.92 Å². The Morgan fingerprint density at radius 2 is 1.47 bits per heavy atom. The van der Waals surface area contributed by atoms with Gasteiger partial charge in [-0.3, -0.25) is 0 Å². The first kappa shape index (κ1) is 24.8. The second-order valence-corrected chi connectivity index (χ2v) is 6.99. The minimum atomic E-state index is -0.684. The van der Waals surface area contributed by atoms with E-state index in [0.29, 0.717) is 6.42 Å². The van der Waals surface area contributed by atoms with Crippen LogP contribution in [-0.4, -0.2) is 60.4 Å². The van der Waals surface area contributed by atoms with E-state index in [-0.39, 0.29) is 76.8 Å². The highest BCUT2D eigenvalue weighted by Gasteiger charge is 2.36. The zero-order chi connectivity index (χ0) is 24.8. The number of hydrogen-bond acceptors (Lipinski definition) is 10. The number of esters is 2. The lowest BCUT2D eigenvalue weighted by Crippen LogP contribution is -2.13. The fourth-order valence-electron chi connectivity index (χ4n) is 3.63. The summed E-state index contributed by atoms with van der Waals surface area (Å²) in [7, 11) is 5.57. The van der Waals surface area contributed by atoms with E-state index >= 15 is 0 Å². The van der Waals surface area contributed by atoms with E-state index in [2.05, 4.69) is 0 Å². The van der Waals surface area contributed by atoms with Crippen LogP contribution >= 0.6 is 0 Å². The number of carbonyl (C=O) groups is 2. The zero-order valence-electron chi connectivity index (χ0n) is 20.1. The molecule has 2 aromatic carbocycles. The smallest absolute Gasteiger partial charge is 0.339 e. The Morgan fingerprint density at radius 1 is 0.824 bits per heavy atom. The molecule has 0 amide bonds. The van der Waals surface area contributed by atoms with Crippen LogP contribution in [0.2, 0.25) is 0 Å². The normalized spacial score (nSPS) is 11.6. The maximum atomic E-state index is 13.2. The highest BCUT2D eigenvalue weighted by molar-refractivity contribution is 6.08. The van der Waals surface area contributed by atoms with Gasteiger partial charge in [-0.2, -0.15) is 0 Å². The Bertz CT molecular complexity index is 1080. The fraction of sp³-hybridized carbons (Fsp3) is 0.417. The van der Waals surface area contributed by atoms with E-state index < -0.39 is 11.9 Å². The standard InChI is InChI=1S/C24H28O10/c1-7-9-32-24(26)14-11-15(27-3)19(29-5)21(31-8-2)18(14)17-13(23(25)30-6)10-16(28-4)20-22(17)34-12-33-20/h10-11H,7-9,12H2,1-6H3. The molecule has 34 heavy (non-hydrogen) atoms. The van der Waals surface area contributed by atoms with Crippen molar-refractivity contribution in [1.82, 2.24) is 0 Å². The Balaban J connectivity index is 2.50. The van der Waals surface area contributed by atoms with E-state index in [0.717, 1.165) is 0 Å². The number of hydrogen-bond donors (Lipinski definition) is 0. The SMILES string of the molecule is CCCOC(=O)c1cc(OC)c(OC)c(OCC)c1-c1c(C(=O)OC)cc(OC)c2c1OCO2. The fourth-order valence-corrected chi connectivity index (χ4v) is 3.63. The summed E-state index contributed by atoms with van der Waals surface area (Å²) < 4.78 is 44.2. The molecule has 0 N–H and O–H groups in total. The minimum Gasteiger partial charge on any atom is -0.493 e. The number of carbonyl (C=O) groups excluding carboxylic acids is 2. The van der Waals surface area contributed by atoms with Crippen molar-refractivity contribution in [3.8, 4) is 45.6 Å². The van der Waals surface area contributed by atoms with Gasteiger partial charge in [-0.05, 0) is 25.5 Å². The van der Waals surface area contributed by atoms with Crippen LogP contribution in [0.1, 0.15) is 41.0 Å². The van der Waals surface area contributed by atoms with Gasteiger partial charge < -0.3 is 37.9 Å². The molecule has 0 bridgehead atoms. The number of benzene rings is 2. The average Bonchev–Trinajstić information content (AvgIpc) is 3.35. The van der Waals surface area contributed by atoms with Crippen molar-refractivity contribution in [3.63, 3.8) is 0 Å². The highest BCUT2D eigenvalue weighted by Crippen LogP contribution is 2.55. The molecule has 0 saturated heterocycles. The Labute approximate surface area is 197 Å². The first-order chi connectivity index (χ1) is 16.5. The summed E-state index contributed by atoms with van der Waals surface area (Å²) in [6, 6.07) is 2.93. The second-order valence-electron chi connectivity index (χ2n) is 6.99. The van der Waals surface area contributed by atoms with E-state index in [9.17, 15) is 9.59 Å². The number of rotatable bonds is 10. The second kappa shape index (κ2) is 10.9. The molecule has 0 saturated carbocycles. The Morgan fingerprint density at radius 3 is 2.06 bits per heavy atom. The highest BCUT2D eigenvalue weighted by atomic mass is 16.7. The average molecular weight is 476 g/mol. The predicted molar refractivity (Wildman–Crippen MR) is 121 cm³/mol. The summed E-state index contributed by atoms with van der Waals surface area (Å²) >= 11 is 0. The lowest BCUT2D eigenvalue weighted by molar-refractivity contribution is 0.0503. The summed E-state index contributed by atoms with van der Waals surface area (Å²) in [5, 5.41) is 0. The molecule has 0 spiro atoms. The molecule has 0 atom stereocenters. The molecule has 1 heterocycles. The zero-order valence-corrected chi connectivity index (χ0v) is 20.1. The first-order valence-electron chi connectivity index (χ1n) is 10.6. The van der Waals surface area contributed by atoms with E-state index in [4.69, 9.17) is 37.9 Å². The molecular formula is C24H28O10.